The lowest BCUT2D eigenvalue weighted by Gasteiger charge is -2.06. The number of amides is 1. The standard InChI is InChI=1S/C15H13BrFNOS/c16-13-10-11(6-7-14(13)17)15(19)18-8-9-20-12-4-2-1-3-5-12/h1-7,10H,8-9H2,(H,18,19). The third kappa shape index (κ3) is 4.35. The molecule has 0 heterocycles. The molecule has 0 saturated carbocycles. The van der Waals surface area contributed by atoms with Crippen molar-refractivity contribution in [2.24, 2.45) is 0 Å². The van der Waals surface area contributed by atoms with E-state index >= 15 is 0 Å². The third-order valence-electron chi connectivity index (χ3n) is 2.58. The smallest absolute Gasteiger partial charge is 0.251 e. The van der Waals surface area contributed by atoms with E-state index in [9.17, 15) is 9.18 Å². The predicted molar refractivity (Wildman–Crippen MR) is 83.6 cm³/mol. The Labute approximate surface area is 129 Å². The van der Waals surface area contributed by atoms with Gasteiger partial charge in [0.05, 0.1) is 4.47 Å². The van der Waals surface area contributed by atoms with Crippen molar-refractivity contribution in [2.75, 3.05) is 12.3 Å². The number of halogens is 2. The van der Waals surface area contributed by atoms with Crippen LogP contribution in [0, 0.1) is 5.82 Å². The number of carbonyl (C=O) groups excluding carboxylic acids is 1. The second-order valence-electron chi connectivity index (χ2n) is 4.05. The number of rotatable bonds is 5. The third-order valence-corrected chi connectivity index (χ3v) is 4.20. The van der Waals surface area contributed by atoms with Gasteiger partial charge in [-0.05, 0) is 46.3 Å². The summed E-state index contributed by atoms with van der Waals surface area (Å²) in [6.07, 6.45) is 0. The fourth-order valence-electron chi connectivity index (χ4n) is 1.59. The lowest BCUT2D eigenvalue weighted by atomic mass is 10.2. The molecule has 0 aliphatic heterocycles. The van der Waals surface area contributed by atoms with Gasteiger partial charge < -0.3 is 5.32 Å². The molecular weight excluding hydrogens is 341 g/mol. The maximum atomic E-state index is 13.1. The highest BCUT2D eigenvalue weighted by Gasteiger charge is 2.07. The Morgan fingerprint density at radius 2 is 1.95 bits per heavy atom. The Bertz CT molecular complexity index is 592. The van der Waals surface area contributed by atoms with E-state index in [1.54, 1.807) is 11.8 Å². The molecule has 0 bridgehead atoms. The molecule has 0 spiro atoms. The highest BCUT2D eigenvalue weighted by Crippen LogP contribution is 2.17. The van der Waals surface area contributed by atoms with Crippen molar-refractivity contribution >= 4 is 33.6 Å². The van der Waals surface area contributed by atoms with Gasteiger partial charge in [-0.2, -0.15) is 0 Å². The molecule has 0 aliphatic carbocycles. The lowest BCUT2D eigenvalue weighted by Crippen LogP contribution is -2.25. The minimum atomic E-state index is -0.374. The summed E-state index contributed by atoms with van der Waals surface area (Å²) in [5.41, 5.74) is 0.447. The molecule has 2 aromatic carbocycles. The van der Waals surface area contributed by atoms with E-state index in [1.807, 2.05) is 30.3 Å². The van der Waals surface area contributed by atoms with E-state index in [-0.39, 0.29) is 11.7 Å². The van der Waals surface area contributed by atoms with Crippen LogP contribution in [0.1, 0.15) is 10.4 Å². The molecule has 5 heteroatoms. The Morgan fingerprint density at radius 3 is 2.65 bits per heavy atom. The fourth-order valence-corrected chi connectivity index (χ4v) is 2.76. The first-order valence-corrected chi connectivity index (χ1v) is 7.86. The van der Waals surface area contributed by atoms with Crippen LogP contribution < -0.4 is 5.32 Å². The monoisotopic (exact) mass is 353 g/mol. The average molecular weight is 354 g/mol. The molecule has 0 radical (unpaired) electrons. The first kappa shape index (κ1) is 15.1. The van der Waals surface area contributed by atoms with E-state index in [1.165, 1.54) is 23.1 Å². The summed E-state index contributed by atoms with van der Waals surface area (Å²) in [6, 6.07) is 14.2. The van der Waals surface area contributed by atoms with Crippen LogP contribution in [0.2, 0.25) is 0 Å². The van der Waals surface area contributed by atoms with Crippen molar-refractivity contribution in [1.29, 1.82) is 0 Å². The van der Waals surface area contributed by atoms with E-state index in [0.717, 1.165) is 5.75 Å². The highest BCUT2D eigenvalue weighted by atomic mass is 79.9. The SMILES string of the molecule is O=C(NCCSc1ccccc1)c1ccc(F)c(Br)c1. The number of hydrogen-bond donors (Lipinski definition) is 1. The second kappa shape index (κ2) is 7.45. The number of nitrogens with one attached hydrogen (secondary N) is 1. The first-order valence-electron chi connectivity index (χ1n) is 6.08. The van der Waals surface area contributed by atoms with Crippen LogP contribution in [0.15, 0.2) is 57.9 Å². The van der Waals surface area contributed by atoms with Gasteiger partial charge in [-0.3, -0.25) is 4.79 Å². The van der Waals surface area contributed by atoms with E-state index in [0.29, 0.717) is 16.6 Å². The van der Waals surface area contributed by atoms with Crippen LogP contribution in [-0.4, -0.2) is 18.2 Å². The molecule has 0 fully saturated rings. The van der Waals surface area contributed by atoms with Crippen molar-refractivity contribution in [1.82, 2.24) is 5.32 Å². The van der Waals surface area contributed by atoms with Gasteiger partial charge in [0.2, 0.25) is 0 Å². The largest absolute Gasteiger partial charge is 0.351 e. The Balaban J connectivity index is 1.79. The summed E-state index contributed by atoms with van der Waals surface area (Å²) in [5.74, 6) is 0.221. The maximum Gasteiger partial charge on any atom is 0.251 e. The maximum absolute atomic E-state index is 13.1. The summed E-state index contributed by atoms with van der Waals surface area (Å²) in [5, 5.41) is 2.81. The normalized spacial score (nSPS) is 10.3. The van der Waals surface area contributed by atoms with Crippen LogP contribution in [0.25, 0.3) is 0 Å². The summed E-state index contributed by atoms with van der Waals surface area (Å²) in [6.45, 7) is 0.563. The molecule has 2 rings (SSSR count). The van der Waals surface area contributed by atoms with Crippen LogP contribution in [-0.2, 0) is 0 Å². The Morgan fingerprint density at radius 1 is 1.20 bits per heavy atom. The van der Waals surface area contributed by atoms with Crippen molar-refractivity contribution in [3.63, 3.8) is 0 Å². The van der Waals surface area contributed by atoms with Gasteiger partial charge in [-0.15, -0.1) is 11.8 Å². The number of benzene rings is 2. The summed E-state index contributed by atoms with van der Waals surface area (Å²) in [7, 11) is 0. The minimum Gasteiger partial charge on any atom is -0.351 e. The number of thioether (sulfide) groups is 1. The number of hydrogen-bond acceptors (Lipinski definition) is 2. The minimum absolute atomic E-state index is 0.195. The fraction of sp³-hybridized carbons (Fsp3) is 0.133. The quantitative estimate of drug-likeness (QED) is 0.647. The summed E-state index contributed by atoms with van der Waals surface area (Å²) in [4.78, 5) is 13.0. The van der Waals surface area contributed by atoms with Gasteiger partial charge in [0.25, 0.3) is 5.91 Å². The van der Waals surface area contributed by atoms with Crippen molar-refractivity contribution < 1.29 is 9.18 Å². The zero-order valence-corrected chi connectivity index (χ0v) is 13.0. The van der Waals surface area contributed by atoms with E-state index < -0.39 is 0 Å². The molecule has 0 aromatic heterocycles. The molecule has 1 N–H and O–H groups in total. The first-order chi connectivity index (χ1) is 9.66. The molecular formula is C15H13BrFNOS. The molecule has 0 unspecified atom stereocenters. The molecule has 20 heavy (non-hydrogen) atoms. The molecule has 0 atom stereocenters. The Hall–Kier alpha value is -1.33. The molecule has 2 nitrogen and oxygen atoms in total. The second-order valence-corrected chi connectivity index (χ2v) is 6.07. The van der Waals surface area contributed by atoms with Crippen LogP contribution >= 0.6 is 27.7 Å². The van der Waals surface area contributed by atoms with Gasteiger partial charge in [-0.25, -0.2) is 4.39 Å². The van der Waals surface area contributed by atoms with Gasteiger partial charge in [0, 0.05) is 22.8 Å². The summed E-state index contributed by atoms with van der Waals surface area (Å²) < 4.78 is 13.4. The van der Waals surface area contributed by atoms with Crippen LogP contribution in [0.5, 0.6) is 0 Å². The van der Waals surface area contributed by atoms with Gasteiger partial charge >= 0.3 is 0 Å². The van der Waals surface area contributed by atoms with Gasteiger partial charge in [-0.1, -0.05) is 18.2 Å². The molecule has 0 aliphatic rings. The zero-order chi connectivity index (χ0) is 14.4. The molecule has 0 saturated heterocycles. The molecule has 1 amide bonds. The number of carbonyl (C=O) groups is 1. The topological polar surface area (TPSA) is 29.1 Å². The zero-order valence-electron chi connectivity index (χ0n) is 10.6. The average Bonchev–Trinajstić information content (AvgIpc) is 2.47. The Kier molecular flexibility index (Phi) is 5.61. The predicted octanol–water partition coefficient (Wildman–Crippen LogP) is 4.11. The summed E-state index contributed by atoms with van der Waals surface area (Å²) >= 11 is 4.75. The van der Waals surface area contributed by atoms with Gasteiger partial charge in [0.1, 0.15) is 5.82 Å². The van der Waals surface area contributed by atoms with Crippen molar-refractivity contribution in [3.8, 4) is 0 Å². The van der Waals surface area contributed by atoms with E-state index in [4.69, 9.17) is 0 Å². The van der Waals surface area contributed by atoms with Crippen LogP contribution in [0.3, 0.4) is 0 Å². The van der Waals surface area contributed by atoms with Crippen LogP contribution in [0.4, 0.5) is 4.39 Å². The van der Waals surface area contributed by atoms with Gasteiger partial charge in [0.15, 0.2) is 0 Å². The lowest BCUT2D eigenvalue weighted by molar-refractivity contribution is 0.0956. The highest BCUT2D eigenvalue weighted by molar-refractivity contribution is 9.10. The molecule has 104 valence electrons. The van der Waals surface area contributed by atoms with Crippen molar-refractivity contribution in [2.45, 2.75) is 4.90 Å². The van der Waals surface area contributed by atoms with Crippen molar-refractivity contribution in [3.05, 3.63) is 64.4 Å². The van der Waals surface area contributed by atoms with E-state index in [2.05, 4.69) is 21.2 Å². The molecule has 2 aromatic rings.